The molecule has 0 amide bonds. The summed E-state index contributed by atoms with van der Waals surface area (Å²) in [6.45, 7) is 1.10. The molecule has 7 nitrogen and oxygen atoms in total. The lowest BCUT2D eigenvalue weighted by Crippen LogP contribution is -2.24. The number of aromatic nitrogens is 4. The van der Waals surface area contributed by atoms with Gasteiger partial charge in [0.05, 0.1) is 18.8 Å². The monoisotopic (exact) mass is 446 g/mol. The number of nitrogens with zero attached hydrogens (tertiary/aromatic N) is 4. The van der Waals surface area contributed by atoms with Crippen LogP contribution in [0.25, 0.3) is 11.2 Å². The first-order valence-corrected chi connectivity index (χ1v) is 11.1. The van der Waals surface area contributed by atoms with Gasteiger partial charge in [0.15, 0.2) is 17.3 Å². The Morgan fingerprint density at radius 2 is 1.75 bits per heavy atom. The molecule has 1 saturated carbocycles. The second-order valence-corrected chi connectivity index (χ2v) is 8.43. The maximum absolute atomic E-state index is 14.3. The van der Waals surface area contributed by atoms with E-state index in [-0.39, 0.29) is 12.0 Å². The first kappa shape index (κ1) is 21.0. The maximum Gasteiger partial charge on any atom is 0.224 e. The number of hydrogen-bond acceptors (Lipinski definition) is 6. The molecule has 1 unspecified atom stereocenters. The highest BCUT2D eigenvalue weighted by molar-refractivity contribution is 5.76. The molecule has 1 aliphatic carbocycles. The van der Waals surface area contributed by atoms with Crippen molar-refractivity contribution in [3.05, 3.63) is 35.8 Å². The fourth-order valence-electron chi connectivity index (χ4n) is 4.52. The molecular formula is C22H25F3N6O. The molecule has 1 aromatic carbocycles. The molecule has 170 valence electrons. The van der Waals surface area contributed by atoms with Gasteiger partial charge in [-0.25, -0.2) is 23.1 Å². The van der Waals surface area contributed by atoms with Crippen LogP contribution in [0.15, 0.2) is 18.3 Å². The lowest BCUT2D eigenvalue weighted by molar-refractivity contribution is 0.0610. The average Bonchev–Trinajstić information content (AvgIpc) is 3.15. The van der Waals surface area contributed by atoms with Gasteiger partial charge in [-0.05, 0) is 25.7 Å². The number of anilines is 3. The number of fused-ring (bicyclic) bond motifs is 1. The van der Waals surface area contributed by atoms with Gasteiger partial charge in [-0.2, -0.15) is 4.98 Å². The van der Waals surface area contributed by atoms with E-state index in [1.165, 1.54) is 19.3 Å². The van der Waals surface area contributed by atoms with Crippen LogP contribution >= 0.6 is 0 Å². The minimum atomic E-state index is -1.04. The molecule has 2 aliphatic rings. The number of rotatable bonds is 5. The third-order valence-electron chi connectivity index (χ3n) is 6.12. The Balaban J connectivity index is 1.54. The predicted octanol–water partition coefficient (Wildman–Crippen LogP) is 5.08. The second-order valence-electron chi connectivity index (χ2n) is 8.43. The van der Waals surface area contributed by atoms with Gasteiger partial charge in [0, 0.05) is 24.8 Å². The first-order chi connectivity index (χ1) is 15.6. The van der Waals surface area contributed by atoms with Gasteiger partial charge in [0.2, 0.25) is 11.9 Å². The van der Waals surface area contributed by atoms with Crippen molar-refractivity contribution in [3.63, 3.8) is 0 Å². The third-order valence-corrected chi connectivity index (χ3v) is 6.12. The molecule has 2 aromatic heterocycles. The van der Waals surface area contributed by atoms with Crippen LogP contribution in [0.3, 0.4) is 0 Å². The van der Waals surface area contributed by atoms with Gasteiger partial charge < -0.3 is 15.4 Å². The third kappa shape index (κ3) is 4.23. The topological polar surface area (TPSA) is 76.9 Å². The molecule has 5 rings (SSSR count). The number of hydrogen-bond donors (Lipinski definition) is 2. The molecule has 1 atom stereocenters. The van der Waals surface area contributed by atoms with E-state index >= 15 is 0 Å². The van der Waals surface area contributed by atoms with Crippen LogP contribution in [0.1, 0.15) is 51.0 Å². The van der Waals surface area contributed by atoms with Crippen LogP contribution in [-0.4, -0.2) is 38.8 Å². The van der Waals surface area contributed by atoms with E-state index < -0.39 is 23.1 Å². The number of imidazole rings is 1. The zero-order chi connectivity index (χ0) is 22.1. The summed E-state index contributed by atoms with van der Waals surface area (Å²) in [5.74, 6) is -2.33. The summed E-state index contributed by atoms with van der Waals surface area (Å²) in [5, 5.41) is 6.13. The Bertz CT molecular complexity index is 1090. The van der Waals surface area contributed by atoms with E-state index in [4.69, 9.17) is 9.72 Å². The molecule has 10 heteroatoms. The van der Waals surface area contributed by atoms with Crippen molar-refractivity contribution in [1.82, 2.24) is 19.5 Å². The first-order valence-electron chi connectivity index (χ1n) is 11.1. The van der Waals surface area contributed by atoms with Crippen LogP contribution < -0.4 is 10.6 Å². The Morgan fingerprint density at radius 1 is 0.969 bits per heavy atom. The lowest BCUT2D eigenvalue weighted by atomic mass is 9.96. The quantitative estimate of drug-likeness (QED) is 0.569. The van der Waals surface area contributed by atoms with Crippen LogP contribution in [0, 0.1) is 17.5 Å². The normalized spacial score (nSPS) is 19.9. The summed E-state index contributed by atoms with van der Waals surface area (Å²) in [6, 6.07) is 1.48. The van der Waals surface area contributed by atoms with E-state index in [0.717, 1.165) is 25.7 Å². The van der Waals surface area contributed by atoms with Crippen LogP contribution in [0.4, 0.5) is 30.8 Å². The van der Waals surface area contributed by atoms with Crippen molar-refractivity contribution in [2.75, 3.05) is 23.8 Å². The lowest BCUT2D eigenvalue weighted by Gasteiger charge is -2.26. The molecule has 3 aromatic rings. The van der Waals surface area contributed by atoms with Crippen LogP contribution in [-0.2, 0) is 4.74 Å². The molecule has 2 fully saturated rings. The van der Waals surface area contributed by atoms with E-state index in [0.29, 0.717) is 48.5 Å². The van der Waals surface area contributed by atoms with Crippen molar-refractivity contribution in [2.45, 2.75) is 57.0 Å². The van der Waals surface area contributed by atoms with Gasteiger partial charge in [-0.15, -0.1) is 0 Å². The molecular weight excluding hydrogens is 421 g/mol. The second kappa shape index (κ2) is 8.93. The standard InChI is InChI=1S/C22H25F3N6O/c23-13-9-16(24)19(17(25)10-13)29-22-28-18-11-26-21(27-14-5-2-1-3-6-14)30-20(18)31(22)15-7-4-8-32-12-15/h9-11,14-15H,1-8,12H2,(H,28,29)(H,26,27,30). The highest BCUT2D eigenvalue weighted by atomic mass is 19.1. The molecule has 0 bridgehead atoms. The van der Waals surface area contributed by atoms with E-state index in [1.807, 2.05) is 4.57 Å². The number of benzene rings is 1. The smallest absolute Gasteiger partial charge is 0.224 e. The molecule has 1 saturated heterocycles. The average molecular weight is 446 g/mol. The zero-order valence-corrected chi connectivity index (χ0v) is 17.6. The summed E-state index contributed by atoms with van der Waals surface area (Å²) < 4.78 is 49.4. The highest BCUT2D eigenvalue weighted by Gasteiger charge is 2.25. The summed E-state index contributed by atoms with van der Waals surface area (Å²) in [4.78, 5) is 13.6. The van der Waals surface area contributed by atoms with Crippen molar-refractivity contribution in [1.29, 1.82) is 0 Å². The minimum Gasteiger partial charge on any atom is -0.379 e. The molecule has 0 spiro atoms. The SMILES string of the molecule is Fc1cc(F)c(Nc2nc3cnc(NC4CCCCC4)nc3n2C2CCCOC2)c(F)c1. The van der Waals surface area contributed by atoms with E-state index in [1.54, 1.807) is 6.20 Å². The summed E-state index contributed by atoms with van der Waals surface area (Å²) >= 11 is 0. The van der Waals surface area contributed by atoms with Gasteiger partial charge in [0.1, 0.15) is 17.0 Å². The minimum absolute atomic E-state index is 0.111. The molecule has 1 aliphatic heterocycles. The molecule has 2 N–H and O–H groups in total. The number of halogens is 3. The van der Waals surface area contributed by atoms with Crippen molar-refractivity contribution in [3.8, 4) is 0 Å². The Morgan fingerprint density at radius 3 is 2.47 bits per heavy atom. The Hall–Kier alpha value is -2.88. The summed E-state index contributed by atoms with van der Waals surface area (Å²) in [5.41, 5.74) is 0.586. The van der Waals surface area contributed by atoms with Crippen molar-refractivity contribution >= 4 is 28.7 Å². The van der Waals surface area contributed by atoms with Gasteiger partial charge in [-0.3, -0.25) is 4.57 Å². The molecule has 3 heterocycles. The fraction of sp³-hybridized carbons (Fsp3) is 0.500. The van der Waals surface area contributed by atoms with Crippen LogP contribution in [0.2, 0.25) is 0 Å². The number of nitrogens with one attached hydrogen (secondary N) is 2. The fourth-order valence-corrected chi connectivity index (χ4v) is 4.52. The molecule has 0 radical (unpaired) electrons. The zero-order valence-electron chi connectivity index (χ0n) is 17.6. The number of ether oxygens (including phenoxy) is 1. The maximum atomic E-state index is 14.3. The highest BCUT2D eigenvalue weighted by Crippen LogP contribution is 2.32. The van der Waals surface area contributed by atoms with Crippen molar-refractivity contribution < 1.29 is 17.9 Å². The van der Waals surface area contributed by atoms with Gasteiger partial charge >= 0.3 is 0 Å². The Labute approximate surface area is 183 Å². The summed E-state index contributed by atoms with van der Waals surface area (Å²) in [6.07, 6.45) is 9.03. The summed E-state index contributed by atoms with van der Waals surface area (Å²) in [7, 11) is 0. The van der Waals surface area contributed by atoms with Gasteiger partial charge in [0.25, 0.3) is 0 Å². The van der Waals surface area contributed by atoms with Crippen LogP contribution in [0.5, 0.6) is 0 Å². The molecule has 32 heavy (non-hydrogen) atoms. The largest absolute Gasteiger partial charge is 0.379 e. The van der Waals surface area contributed by atoms with E-state index in [2.05, 4.69) is 20.6 Å². The predicted molar refractivity (Wildman–Crippen MR) is 115 cm³/mol. The Kier molecular flexibility index (Phi) is 5.86. The van der Waals surface area contributed by atoms with E-state index in [9.17, 15) is 13.2 Å². The van der Waals surface area contributed by atoms with Crippen molar-refractivity contribution in [2.24, 2.45) is 0 Å². The van der Waals surface area contributed by atoms with Gasteiger partial charge in [-0.1, -0.05) is 19.3 Å².